The molecule has 0 spiro atoms. The zero-order chi connectivity index (χ0) is 15.7. The van der Waals surface area contributed by atoms with Crippen LogP contribution in [0, 0.1) is 3.95 Å². The van der Waals surface area contributed by atoms with Gasteiger partial charge in [-0.1, -0.05) is 12.1 Å². The van der Waals surface area contributed by atoms with Gasteiger partial charge in [0.2, 0.25) is 0 Å². The van der Waals surface area contributed by atoms with E-state index in [-0.39, 0.29) is 17.1 Å². The topological polar surface area (TPSA) is 62.5 Å². The Morgan fingerprint density at radius 1 is 0.955 bits per heavy atom. The summed E-state index contributed by atoms with van der Waals surface area (Å²) in [6, 6.07) is 14.4. The van der Waals surface area contributed by atoms with E-state index in [1.54, 1.807) is 30.3 Å². The van der Waals surface area contributed by atoms with E-state index in [9.17, 15) is 15.0 Å². The molecule has 22 heavy (non-hydrogen) atoms. The Bertz CT molecular complexity index is 911. The molecule has 0 amide bonds. The lowest BCUT2D eigenvalue weighted by Gasteiger charge is -2.07. The molecular weight excluding hydrogens is 318 g/mol. The minimum Gasteiger partial charge on any atom is -0.508 e. The van der Waals surface area contributed by atoms with E-state index >= 15 is 0 Å². The molecule has 4 nitrogen and oxygen atoms in total. The first-order valence-electron chi connectivity index (χ1n) is 6.40. The van der Waals surface area contributed by atoms with Crippen molar-refractivity contribution in [1.29, 1.82) is 0 Å². The molecule has 0 unspecified atom stereocenters. The molecule has 0 fully saturated rings. The lowest BCUT2D eigenvalue weighted by atomic mass is 10.2. The first-order valence-corrected chi connectivity index (χ1v) is 7.63. The molecule has 0 bridgehead atoms. The number of rotatable bonds is 2. The van der Waals surface area contributed by atoms with E-state index in [2.05, 4.69) is 0 Å². The zero-order valence-corrected chi connectivity index (χ0v) is 12.9. The fourth-order valence-corrected chi connectivity index (χ4v) is 3.42. The number of benzene rings is 2. The van der Waals surface area contributed by atoms with E-state index in [4.69, 9.17) is 12.2 Å². The molecule has 0 aliphatic carbocycles. The molecule has 0 saturated carbocycles. The lowest BCUT2D eigenvalue weighted by molar-refractivity contribution is 0.475. The van der Waals surface area contributed by atoms with Gasteiger partial charge in [0.15, 0.2) is 3.95 Å². The van der Waals surface area contributed by atoms with Crippen molar-refractivity contribution in [3.8, 4) is 27.6 Å². The van der Waals surface area contributed by atoms with Gasteiger partial charge >= 0.3 is 0 Å². The third-order valence-electron chi connectivity index (χ3n) is 3.09. The van der Waals surface area contributed by atoms with Gasteiger partial charge in [-0.25, -0.2) is 0 Å². The summed E-state index contributed by atoms with van der Waals surface area (Å²) in [6.45, 7) is 0. The van der Waals surface area contributed by atoms with Crippen LogP contribution in [0.5, 0.6) is 11.5 Å². The fourth-order valence-electron chi connectivity index (χ4n) is 2.07. The van der Waals surface area contributed by atoms with E-state index in [0.29, 0.717) is 14.5 Å². The SMILES string of the molecule is O=c1cc(-c2cccc(O)c2)sc(=S)n1-c1ccc(O)cc1. The average molecular weight is 329 g/mol. The maximum absolute atomic E-state index is 12.4. The predicted octanol–water partition coefficient (Wildman–Crippen LogP) is 3.71. The molecule has 1 aromatic heterocycles. The summed E-state index contributed by atoms with van der Waals surface area (Å²) in [5.41, 5.74) is 1.09. The second kappa shape index (κ2) is 5.75. The van der Waals surface area contributed by atoms with Crippen molar-refractivity contribution in [3.63, 3.8) is 0 Å². The quantitative estimate of drug-likeness (QED) is 0.704. The third-order valence-corrected chi connectivity index (χ3v) is 4.46. The highest BCUT2D eigenvalue weighted by molar-refractivity contribution is 7.73. The Morgan fingerprint density at radius 3 is 2.32 bits per heavy atom. The van der Waals surface area contributed by atoms with Crippen molar-refractivity contribution in [3.05, 3.63) is 68.9 Å². The van der Waals surface area contributed by atoms with Crippen LogP contribution in [0.2, 0.25) is 0 Å². The first-order chi connectivity index (χ1) is 10.5. The molecule has 0 radical (unpaired) electrons. The van der Waals surface area contributed by atoms with Crippen LogP contribution in [0.4, 0.5) is 0 Å². The average Bonchev–Trinajstić information content (AvgIpc) is 2.48. The number of phenolic OH excluding ortho intramolecular Hbond substituents is 2. The Kier molecular flexibility index (Phi) is 3.79. The molecule has 0 aliphatic heterocycles. The van der Waals surface area contributed by atoms with Gasteiger partial charge in [-0.2, -0.15) is 0 Å². The van der Waals surface area contributed by atoms with E-state index in [1.807, 2.05) is 6.07 Å². The summed E-state index contributed by atoms with van der Waals surface area (Å²) in [5, 5.41) is 18.9. The third kappa shape index (κ3) is 2.79. The molecule has 6 heteroatoms. The van der Waals surface area contributed by atoms with Crippen molar-refractivity contribution < 1.29 is 10.2 Å². The van der Waals surface area contributed by atoms with Crippen LogP contribution in [-0.2, 0) is 0 Å². The highest BCUT2D eigenvalue weighted by atomic mass is 32.1. The minimum absolute atomic E-state index is 0.128. The fraction of sp³-hybridized carbons (Fsp3) is 0. The largest absolute Gasteiger partial charge is 0.508 e. The molecule has 3 rings (SSSR count). The van der Waals surface area contributed by atoms with Gasteiger partial charge in [-0.05, 0) is 54.2 Å². The van der Waals surface area contributed by atoms with E-state index in [1.165, 1.54) is 34.1 Å². The summed E-state index contributed by atoms with van der Waals surface area (Å²) in [5.74, 6) is 0.265. The van der Waals surface area contributed by atoms with Gasteiger partial charge in [0.1, 0.15) is 11.5 Å². The summed E-state index contributed by atoms with van der Waals surface area (Å²) in [7, 11) is 0. The van der Waals surface area contributed by atoms with Crippen molar-refractivity contribution in [2.45, 2.75) is 0 Å². The van der Waals surface area contributed by atoms with E-state index in [0.717, 1.165) is 5.56 Å². The van der Waals surface area contributed by atoms with Gasteiger partial charge in [0.25, 0.3) is 5.56 Å². The van der Waals surface area contributed by atoms with Gasteiger partial charge in [-0.15, -0.1) is 11.3 Å². The minimum atomic E-state index is -0.257. The second-order valence-electron chi connectivity index (χ2n) is 4.62. The second-order valence-corrected chi connectivity index (χ2v) is 6.29. The van der Waals surface area contributed by atoms with Crippen LogP contribution in [0.25, 0.3) is 16.1 Å². The molecule has 0 atom stereocenters. The van der Waals surface area contributed by atoms with Crippen LogP contribution in [-0.4, -0.2) is 14.8 Å². The smallest absolute Gasteiger partial charge is 0.258 e. The first kappa shape index (κ1) is 14.5. The number of hydrogen-bond donors (Lipinski definition) is 2. The summed E-state index contributed by atoms with van der Waals surface area (Å²) < 4.78 is 1.81. The van der Waals surface area contributed by atoms with Crippen LogP contribution in [0.3, 0.4) is 0 Å². The normalized spacial score (nSPS) is 10.5. The number of aromatic nitrogens is 1. The highest BCUT2D eigenvalue weighted by Crippen LogP contribution is 2.26. The standard InChI is InChI=1S/C16H11NO3S2/c18-12-6-4-11(5-7-12)17-15(20)9-14(22-16(17)21)10-2-1-3-13(19)8-10/h1-9,18-19H. The predicted molar refractivity (Wildman–Crippen MR) is 89.5 cm³/mol. The van der Waals surface area contributed by atoms with Crippen molar-refractivity contribution in [2.75, 3.05) is 0 Å². The highest BCUT2D eigenvalue weighted by Gasteiger charge is 2.07. The Hall–Kier alpha value is -2.44. The van der Waals surface area contributed by atoms with E-state index < -0.39 is 0 Å². The summed E-state index contributed by atoms with van der Waals surface area (Å²) in [4.78, 5) is 13.1. The number of phenols is 2. The number of aromatic hydroxyl groups is 2. The molecule has 0 aliphatic rings. The molecule has 1 heterocycles. The Labute approximate surface area is 135 Å². The zero-order valence-electron chi connectivity index (χ0n) is 11.3. The summed E-state index contributed by atoms with van der Waals surface area (Å²) >= 11 is 6.61. The van der Waals surface area contributed by atoms with Crippen molar-refractivity contribution in [2.24, 2.45) is 0 Å². The van der Waals surface area contributed by atoms with Gasteiger partial charge in [0.05, 0.1) is 5.69 Å². The molecule has 3 aromatic rings. The monoisotopic (exact) mass is 329 g/mol. The van der Waals surface area contributed by atoms with Crippen LogP contribution in [0.15, 0.2) is 59.4 Å². The van der Waals surface area contributed by atoms with Gasteiger partial charge in [-0.3, -0.25) is 9.36 Å². The van der Waals surface area contributed by atoms with Gasteiger partial charge in [0, 0.05) is 10.9 Å². The van der Waals surface area contributed by atoms with Crippen molar-refractivity contribution >= 4 is 23.6 Å². The molecule has 0 saturated heterocycles. The molecule has 2 N–H and O–H groups in total. The van der Waals surface area contributed by atoms with Crippen LogP contribution in [0.1, 0.15) is 0 Å². The Morgan fingerprint density at radius 2 is 1.68 bits per heavy atom. The molecule has 110 valence electrons. The number of nitrogens with zero attached hydrogens (tertiary/aromatic N) is 1. The Balaban J connectivity index is 2.15. The maximum Gasteiger partial charge on any atom is 0.258 e. The molecule has 2 aromatic carbocycles. The summed E-state index contributed by atoms with van der Waals surface area (Å²) in [6.07, 6.45) is 0. The molecular formula is C16H11NO3S2. The number of hydrogen-bond acceptors (Lipinski definition) is 5. The van der Waals surface area contributed by atoms with Crippen LogP contribution < -0.4 is 5.56 Å². The van der Waals surface area contributed by atoms with Crippen molar-refractivity contribution in [1.82, 2.24) is 4.57 Å². The lowest BCUT2D eigenvalue weighted by Crippen LogP contribution is -2.17. The maximum atomic E-state index is 12.4. The van der Waals surface area contributed by atoms with Gasteiger partial charge < -0.3 is 10.2 Å². The van der Waals surface area contributed by atoms with Crippen LogP contribution >= 0.6 is 23.6 Å².